The van der Waals surface area contributed by atoms with Crippen LogP contribution in [-0.2, 0) is 13.0 Å². The van der Waals surface area contributed by atoms with E-state index in [0.717, 1.165) is 10.6 Å². The second kappa shape index (κ2) is 4.93. The van der Waals surface area contributed by atoms with Crippen LogP contribution in [0.25, 0.3) is 10.6 Å². The smallest absolute Gasteiger partial charge is 0.267 e. The Morgan fingerprint density at radius 3 is 3.00 bits per heavy atom. The predicted octanol–water partition coefficient (Wildman–Crippen LogP) is 2.06. The molecule has 0 N–H and O–H groups in total. The number of hydrogen-bond donors (Lipinski definition) is 0. The van der Waals surface area contributed by atoms with E-state index in [1.54, 1.807) is 17.4 Å². The summed E-state index contributed by atoms with van der Waals surface area (Å²) < 4.78 is 1.40. The Kier molecular flexibility index (Phi) is 3.35. The Balaban J connectivity index is 2.59. The molecule has 5 heteroatoms. The molecule has 0 atom stereocenters. The van der Waals surface area contributed by atoms with E-state index in [-0.39, 0.29) is 12.0 Å². The lowest BCUT2D eigenvalue weighted by Crippen LogP contribution is -2.25. The fourth-order valence-corrected chi connectivity index (χ4v) is 2.25. The van der Waals surface area contributed by atoms with Crippen LogP contribution in [0.5, 0.6) is 0 Å². The maximum atomic E-state index is 11.9. The first kappa shape index (κ1) is 11.6. The van der Waals surface area contributed by atoms with Gasteiger partial charge >= 0.3 is 0 Å². The van der Waals surface area contributed by atoms with Crippen molar-refractivity contribution in [2.24, 2.45) is 0 Å². The minimum absolute atomic E-state index is 0.125. The highest BCUT2D eigenvalue weighted by Crippen LogP contribution is 2.22. The Labute approximate surface area is 103 Å². The summed E-state index contributed by atoms with van der Waals surface area (Å²) in [6, 6.07) is 7.61. The molecule has 0 aliphatic heterocycles. The van der Waals surface area contributed by atoms with Gasteiger partial charge in [0.1, 0.15) is 5.69 Å². The maximum absolute atomic E-state index is 11.9. The highest BCUT2D eigenvalue weighted by Gasteiger charge is 2.09. The first-order valence-corrected chi connectivity index (χ1v) is 6.16. The summed E-state index contributed by atoms with van der Waals surface area (Å²) in [6.07, 6.45) is 0.125. The topological polar surface area (TPSA) is 58.7 Å². The van der Waals surface area contributed by atoms with E-state index in [9.17, 15) is 4.79 Å². The van der Waals surface area contributed by atoms with Crippen LogP contribution in [0.4, 0.5) is 0 Å². The van der Waals surface area contributed by atoms with Gasteiger partial charge < -0.3 is 0 Å². The molecule has 2 heterocycles. The van der Waals surface area contributed by atoms with Crippen molar-refractivity contribution in [1.82, 2.24) is 9.78 Å². The number of aryl methyl sites for hydroxylation is 1. The molecule has 2 aromatic rings. The maximum Gasteiger partial charge on any atom is 0.271 e. The number of thiophene rings is 1. The van der Waals surface area contributed by atoms with Gasteiger partial charge in [-0.2, -0.15) is 10.4 Å². The van der Waals surface area contributed by atoms with E-state index in [2.05, 4.69) is 5.10 Å². The van der Waals surface area contributed by atoms with E-state index in [1.165, 1.54) is 4.68 Å². The third kappa shape index (κ3) is 2.27. The molecular weight excluding hydrogens is 234 g/mol. The highest BCUT2D eigenvalue weighted by atomic mass is 32.1. The molecule has 2 rings (SSSR count). The lowest BCUT2D eigenvalue weighted by atomic mass is 10.2. The minimum atomic E-state index is -0.172. The molecule has 2 aromatic heterocycles. The molecule has 0 radical (unpaired) electrons. The van der Waals surface area contributed by atoms with Crippen LogP contribution in [0.2, 0.25) is 0 Å². The van der Waals surface area contributed by atoms with Crippen molar-refractivity contribution in [3.05, 3.63) is 39.5 Å². The van der Waals surface area contributed by atoms with Crippen LogP contribution >= 0.6 is 11.3 Å². The zero-order chi connectivity index (χ0) is 12.3. The van der Waals surface area contributed by atoms with Crippen molar-refractivity contribution in [1.29, 1.82) is 5.26 Å². The summed E-state index contributed by atoms with van der Waals surface area (Å²) in [5.41, 5.74) is 1.09. The van der Waals surface area contributed by atoms with Crippen molar-refractivity contribution in [2.75, 3.05) is 0 Å². The largest absolute Gasteiger partial charge is 0.271 e. The second-order valence-electron chi connectivity index (χ2n) is 3.49. The van der Waals surface area contributed by atoms with Crippen LogP contribution in [0.1, 0.15) is 12.5 Å². The van der Waals surface area contributed by atoms with Crippen molar-refractivity contribution >= 4 is 11.3 Å². The first-order valence-electron chi connectivity index (χ1n) is 5.28. The molecule has 4 nitrogen and oxygen atoms in total. The van der Waals surface area contributed by atoms with Gasteiger partial charge in [-0.1, -0.05) is 6.07 Å². The fourth-order valence-electron chi connectivity index (χ4n) is 1.57. The zero-order valence-corrected chi connectivity index (χ0v) is 10.2. The summed E-state index contributed by atoms with van der Waals surface area (Å²) in [4.78, 5) is 12.9. The summed E-state index contributed by atoms with van der Waals surface area (Å²) >= 11 is 1.57. The molecule has 0 aliphatic carbocycles. The van der Waals surface area contributed by atoms with Gasteiger partial charge in [-0.15, -0.1) is 11.3 Å². The minimum Gasteiger partial charge on any atom is -0.267 e. The zero-order valence-electron chi connectivity index (χ0n) is 9.38. The molecule has 0 saturated heterocycles. The van der Waals surface area contributed by atoms with Gasteiger partial charge in [-0.25, -0.2) is 4.68 Å². The lowest BCUT2D eigenvalue weighted by molar-refractivity contribution is 0.613. The van der Waals surface area contributed by atoms with E-state index in [0.29, 0.717) is 12.1 Å². The summed E-state index contributed by atoms with van der Waals surface area (Å²) in [6.45, 7) is 2.37. The lowest BCUT2D eigenvalue weighted by Gasteiger charge is -2.05. The number of hydrogen-bond acceptors (Lipinski definition) is 4. The van der Waals surface area contributed by atoms with Gasteiger partial charge in [0.2, 0.25) is 0 Å². The number of nitrogens with zero attached hydrogens (tertiary/aromatic N) is 3. The Hall–Kier alpha value is -1.93. The average Bonchev–Trinajstić information content (AvgIpc) is 2.85. The molecule has 17 heavy (non-hydrogen) atoms. The molecule has 0 fully saturated rings. The molecule has 0 saturated carbocycles. The van der Waals surface area contributed by atoms with E-state index < -0.39 is 0 Å². The van der Waals surface area contributed by atoms with Crippen molar-refractivity contribution in [3.8, 4) is 16.6 Å². The van der Waals surface area contributed by atoms with Gasteiger partial charge in [0.25, 0.3) is 5.56 Å². The number of nitriles is 1. The third-order valence-corrected chi connectivity index (χ3v) is 3.28. The number of rotatable bonds is 3. The molecule has 0 aromatic carbocycles. The van der Waals surface area contributed by atoms with Gasteiger partial charge in [0, 0.05) is 12.1 Å². The van der Waals surface area contributed by atoms with E-state index in [1.807, 2.05) is 30.5 Å². The van der Waals surface area contributed by atoms with Crippen molar-refractivity contribution in [2.45, 2.75) is 19.9 Å². The highest BCUT2D eigenvalue weighted by molar-refractivity contribution is 7.13. The third-order valence-electron chi connectivity index (χ3n) is 2.39. The summed E-state index contributed by atoms with van der Waals surface area (Å²) in [5.74, 6) is 0. The van der Waals surface area contributed by atoms with Crippen molar-refractivity contribution in [3.63, 3.8) is 0 Å². The number of aromatic nitrogens is 2. The molecule has 0 unspecified atom stereocenters. The normalized spacial score (nSPS) is 10.1. The van der Waals surface area contributed by atoms with Crippen LogP contribution in [0.15, 0.2) is 28.4 Å². The molecule has 0 bridgehead atoms. The van der Waals surface area contributed by atoms with Crippen molar-refractivity contribution < 1.29 is 0 Å². The molecule has 0 aliphatic rings. The quantitative estimate of drug-likeness (QED) is 0.831. The van der Waals surface area contributed by atoms with E-state index >= 15 is 0 Å². The average molecular weight is 245 g/mol. The Morgan fingerprint density at radius 1 is 1.59 bits per heavy atom. The predicted molar refractivity (Wildman–Crippen MR) is 66.8 cm³/mol. The van der Waals surface area contributed by atoms with Crippen LogP contribution in [0.3, 0.4) is 0 Å². The standard InChI is InChI=1S/C12H11N3OS/c1-2-15-12(16)9(5-6-13)8-10(14-15)11-4-3-7-17-11/h3-4,7-8H,2,5H2,1H3. The fraction of sp³-hybridized carbons (Fsp3) is 0.250. The van der Waals surface area contributed by atoms with Gasteiger partial charge in [0.05, 0.1) is 17.4 Å². The molecule has 0 amide bonds. The molecular formula is C12H11N3OS. The van der Waals surface area contributed by atoms with Crippen LogP contribution in [0, 0.1) is 11.3 Å². The summed E-state index contributed by atoms with van der Waals surface area (Å²) in [7, 11) is 0. The SMILES string of the molecule is CCn1nc(-c2cccs2)cc(CC#N)c1=O. The van der Waals surface area contributed by atoms with Crippen LogP contribution < -0.4 is 5.56 Å². The van der Waals surface area contributed by atoms with Gasteiger partial charge in [-0.05, 0) is 24.4 Å². The first-order chi connectivity index (χ1) is 8.26. The monoisotopic (exact) mass is 245 g/mol. The van der Waals surface area contributed by atoms with Gasteiger partial charge in [-0.3, -0.25) is 4.79 Å². The van der Waals surface area contributed by atoms with E-state index in [4.69, 9.17) is 5.26 Å². The Morgan fingerprint density at radius 2 is 2.41 bits per heavy atom. The molecule has 0 spiro atoms. The van der Waals surface area contributed by atoms with Gasteiger partial charge in [0.15, 0.2) is 0 Å². The summed E-state index contributed by atoms with van der Waals surface area (Å²) in [5, 5.41) is 15.0. The van der Waals surface area contributed by atoms with Crippen LogP contribution in [-0.4, -0.2) is 9.78 Å². The second-order valence-corrected chi connectivity index (χ2v) is 4.44. The Bertz CT molecular complexity index is 608. The molecule has 86 valence electrons.